The van der Waals surface area contributed by atoms with Crippen molar-refractivity contribution in [3.8, 4) is 0 Å². The number of nitrogens with one attached hydrogen (secondary N) is 1. The lowest BCUT2D eigenvalue weighted by molar-refractivity contribution is 0.249. The van der Waals surface area contributed by atoms with Gasteiger partial charge in [0, 0.05) is 12.6 Å². The van der Waals surface area contributed by atoms with E-state index in [1.54, 1.807) is 0 Å². The van der Waals surface area contributed by atoms with Crippen molar-refractivity contribution in [2.75, 3.05) is 13.2 Å². The van der Waals surface area contributed by atoms with E-state index in [0.717, 1.165) is 30.1 Å². The van der Waals surface area contributed by atoms with Crippen LogP contribution in [0.25, 0.3) is 0 Å². The van der Waals surface area contributed by atoms with Crippen LogP contribution in [0.2, 0.25) is 0 Å². The molecule has 2 saturated carbocycles. The quantitative estimate of drug-likeness (QED) is 0.672. The third kappa shape index (κ3) is 2.18. The largest absolute Gasteiger partial charge is 0.396 e. The van der Waals surface area contributed by atoms with Gasteiger partial charge in [-0.1, -0.05) is 12.2 Å². The number of aliphatic hydroxyl groups is 1. The minimum atomic E-state index is 0.338. The molecule has 2 heteroatoms. The average molecular weight is 221 g/mol. The van der Waals surface area contributed by atoms with Crippen LogP contribution in [-0.4, -0.2) is 24.3 Å². The van der Waals surface area contributed by atoms with Crippen LogP contribution in [0.4, 0.5) is 0 Å². The summed E-state index contributed by atoms with van der Waals surface area (Å²) in [5, 5.41) is 12.8. The van der Waals surface area contributed by atoms with Gasteiger partial charge in [0.1, 0.15) is 0 Å². The predicted octanol–water partition coefficient (Wildman–Crippen LogP) is 1.95. The summed E-state index contributed by atoms with van der Waals surface area (Å²) in [7, 11) is 0. The molecule has 0 amide bonds. The monoisotopic (exact) mass is 221 g/mol. The minimum Gasteiger partial charge on any atom is -0.396 e. The highest BCUT2D eigenvalue weighted by Crippen LogP contribution is 2.43. The molecule has 2 fully saturated rings. The number of rotatable bonds is 6. The molecule has 0 aromatic carbocycles. The normalized spacial score (nSPS) is 38.2. The highest BCUT2D eigenvalue weighted by Gasteiger charge is 2.37. The molecule has 0 spiro atoms. The Morgan fingerprint density at radius 1 is 1.25 bits per heavy atom. The summed E-state index contributed by atoms with van der Waals surface area (Å²) < 4.78 is 0. The molecule has 3 aliphatic rings. The van der Waals surface area contributed by atoms with Gasteiger partial charge < -0.3 is 10.4 Å². The topological polar surface area (TPSA) is 32.3 Å². The van der Waals surface area contributed by atoms with E-state index in [0.29, 0.717) is 12.6 Å². The summed E-state index contributed by atoms with van der Waals surface area (Å²) >= 11 is 0. The molecule has 0 unspecified atom stereocenters. The molecule has 0 aliphatic heterocycles. The van der Waals surface area contributed by atoms with Crippen molar-refractivity contribution in [1.82, 2.24) is 5.32 Å². The Kier molecular flexibility index (Phi) is 3.03. The van der Waals surface area contributed by atoms with Gasteiger partial charge in [0.25, 0.3) is 0 Å². The van der Waals surface area contributed by atoms with Crippen LogP contribution in [0.15, 0.2) is 12.2 Å². The maximum atomic E-state index is 9.06. The van der Waals surface area contributed by atoms with Crippen LogP contribution < -0.4 is 5.32 Å². The van der Waals surface area contributed by atoms with Gasteiger partial charge in [-0.05, 0) is 62.3 Å². The lowest BCUT2D eigenvalue weighted by Crippen LogP contribution is -2.36. The van der Waals surface area contributed by atoms with Gasteiger partial charge in [-0.3, -0.25) is 0 Å². The van der Waals surface area contributed by atoms with Crippen LogP contribution in [0.1, 0.15) is 32.1 Å². The van der Waals surface area contributed by atoms with E-state index in [9.17, 15) is 0 Å². The van der Waals surface area contributed by atoms with Crippen LogP contribution in [0, 0.1) is 23.7 Å². The van der Waals surface area contributed by atoms with Crippen molar-refractivity contribution >= 4 is 0 Å². The fourth-order valence-electron chi connectivity index (χ4n) is 3.57. The van der Waals surface area contributed by atoms with Crippen molar-refractivity contribution < 1.29 is 5.11 Å². The lowest BCUT2D eigenvalue weighted by atomic mass is 9.93. The molecule has 0 aromatic rings. The molecular weight excluding hydrogens is 198 g/mol. The average Bonchev–Trinajstić information content (AvgIpc) is 2.93. The fraction of sp³-hybridized carbons (Fsp3) is 0.857. The van der Waals surface area contributed by atoms with Gasteiger partial charge in [0.05, 0.1) is 0 Å². The van der Waals surface area contributed by atoms with Crippen molar-refractivity contribution in [2.45, 2.75) is 38.1 Å². The molecule has 2 N–H and O–H groups in total. The van der Waals surface area contributed by atoms with E-state index in [4.69, 9.17) is 5.11 Å². The van der Waals surface area contributed by atoms with E-state index in [1.165, 1.54) is 32.2 Å². The number of hydrogen-bond donors (Lipinski definition) is 2. The second-order valence-corrected chi connectivity index (χ2v) is 5.90. The van der Waals surface area contributed by atoms with Crippen molar-refractivity contribution in [2.24, 2.45) is 23.7 Å². The zero-order chi connectivity index (χ0) is 11.0. The fourth-order valence-corrected chi connectivity index (χ4v) is 3.57. The summed E-state index contributed by atoms with van der Waals surface area (Å²) in [4.78, 5) is 0. The van der Waals surface area contributed by atoms with Gasteiger partial charge in [-0.25, -0.2) is 0 Å². The first-order valence-corrected chi connectivity index (χ1v) is 6.89. The Hall–Kier alpha value is -0.340. The smallest absolute Gasteiger partial charge is 0.0445 e. The predicted molar refractivity (Wildman–Crippen MR) is 65.1 cm³/mol. The molecule has 0 aromatic heterocycles. The maximum absolute atomic E-state index is 9.06. The molecule has 3 aliphatic carbocycles. The SMILES string of the molecule is OCC[C@@H](NC[C@@H]1C[C@H]2C=C[C@H]1C2)C1CC1. The molecule has 0 saturated heterocycles. The summed E-state index contributed by atoms with van der Waals surface area (Å²) in [5.74, 6) is 3.47. The van der Waals surface area contributed by atoms with Crippen molar-refractivity contribution in [3.05, 3.63) is 12.2 Å². The van der Waals surface area contributed by atoms with Gasteiger partial charge in [0.15, 0.2) is 0 Å². The summed E-state index contributed by atoms with van der Waals surface area (Å²) in [5.41, 5.74) is 0. The van der Waals surface area contributed by atoms with E-state index in [2.05, 4.69) is 17.5 Å². The molecular formula is C14H23NO. The molecule has 2 bridgehead atoms. The van der Waals surface area contributed by atoms with Gasteiger partial charge in [-0.2, -0.15) is 0 Å². The van der Waals surface area contributed by atoms with Crippen LogP contribution in [-0.2, 0) is 0 Å². The molecule has 2 nitrogen and oxygen atoms in total. The third-order valence-electron chi connectivity index (χ3n) is 4.69. The Labute approximate surface area is 98.1 Å². The number of hydrogen-bond acceptors (Lipinski definition) is 2. The standard InChI is InChI=1S/C14H23NO/c16-6-5-14(11-3-4-11)15-9-13-8-10-1-2-12(13)7-10/h1-2,10-16H,3-9H2/t10-,12-,13-,14+/m0/s1. The Bertz CT molecular complexity index is 272. The third-order valence-corrected chi connectivity index (χ3v) is 4.69. The maximum Gasteiger partial charge on any atom is 0.0445 e. The van der Waals surface area contributed by atoms with Crippen molar-refractivity contribution in [1.29, 1.82) is 0 Å². The van der Waals surface area contributed by atoms with Gasteiger partial charge >= 0.3 is 0 Å². The minimum absolute atomic E-state index is 0.338. The van der Waals surface area contributed by atoms with Gasteiger partial charge in [0.2, 0.25) is 0 Å². The van der Waals surface area contributed by atoms with Crippen LogP contribution in [0.5, 0.6) is 0 Å². The molecule has 16 heavy (non-hydrogen) atoms. The zero-order valence-electron chi connectivity index (χ0n) is 9.94. The van der Waals surface area contributed by atoms with Crippen LogP contribution in [0.3, 0.4) is 0 Å². The van der Waals surface area contributed by atoms with Gasteiger partial charge in [-0.15, -0.1) is 0 Å². The Morgan fingerprint density at radius 3 is 2.69 bits per heavy atom. The van der Waals surface area contributed by atoms with Crippen molar-refractivity contribution in [3.63, 3.8) is 0 Å². The Morgan fingerprint density at radius 2 is 2.12 bits per heavy atom. The molecule has 0 radical (unpaired) electrons. The first-order valence-electron chi connectivity index (χ1n) is 6.89. The first-order chi connectivity index (χ1) is 7.86. The number of aliphatic hydroxyl groups excluding tert-OH is 1. The lowest BCUT2D eigenvalue weighted by Gasteiger charge is -2.23. The highest BCUT2D eigenvalue weighted by molar-refractivity contribution is 5.10. The second-order valence-electron chi connectivity index (χ2n) is 5.90. The van der Waals surface area contributed by atoms with E-state index in [-0.39, 0.29) is 0 Å². The second kappa shape index (κ2) is 4.50. The van der Waals surface area contributed by atoms with Crippen LogP contribution >= 0.6 is 0 Å². The highest BCUT2D eigenvalue weighted by atomic mass is 16.3. The molecule has 0 heterocycles. The number of allylic oxidation sites excluding steroid dienone is 2. The zero-order valence-corrected chi connectivity index (χ0v) is 9.94. The molecule has 90 valence electrons. The number of fused-ring (bicyclic) bond motifs is 2. The summed E-state index contributed by atoms with van der Waals surface area (Å²) in [6.07, 6.45) is 11.3. The summed E-state index contributed by atoms with van der Waals surface area (Å²) in [6, 6.07) is 0.591. The van der Waals surface area contributed by atoms with E-state index >= 15 is 0 Å². The summed E-state index contributed by atoms with van der Waals surface area (Å²) in [6.45, 7) is 1.51. The Balaban J connectivity index is 1.46. The molecule has 4 atom stereocenters. The molecule has 3 rings (SSSR count). The first kappa shape index (κ1) is 10.8. The van der Waals surface area contributed by atoms with E-state index < -0.39 is 0 Å². The van der Waals surface area contributed by atoms with E-state index in [1.807, 2.05) is 0 Å².